The average Bonchev–Trinajstić information content (AvgIpc) is 3.54. The fourth-order valence-electron chi connectivity index (χ4n) is 5.83. The normalized spacial score (nSPS) is 18.7. The maximum Gasteiger partial charge on any atom is 0.305 e. The number of imide groups is 1. The zero-order chi connectivity index (χ0) is 32.1. The SMILES string of the molecule is O=C(COc1ccc(Br)cc1C1c2sc(=O)[nH]c2SC2C(=O)N(c3ccc([N+](=O)[O-])cc3)C(=O)C21)Nc1ccc2ccccc2c1. The highest BCUT2D eigenvalue weighted by molar-refractivity contribution is 9.10. The second-order valence-corrected chi connectivity index (χ2v) is 13.7. The van der Waals surface area contributed by atoms with Crippen molar-refractivity contribution in [3.63, 3.8) is 0 Å². The highest BCUT2D eigenvalue weighted by Crippen LogP contribution is 2.54. The van der Waals surface area contributed by atoms with Crippen molar-refractivity contribution in [2.24, 2.45) is 5.92 Å². The van der Waals surface area contributed by atoms with Crippen LogP contribution < -0.4 is 19.8 Å². The summed E-state index contributed by atoms with van der Waals surface area (Å²) in [6.45, 7) is -0.338. The number of amides is 3. The zero-order valence-electron chi connectivity index (χ0n) is 23.5. The number of hydrogen-bond acceptors (Lipinski definition) is 9. The predicted molar refractivity (Wildman–Crippen MR) is 178 cm³/mol. The lowest BCUT2D eigenvalue weighted by Gasteiger charge is -2.31. The van der Waals surface area contributed by atoms with Crippen LogP contribution >= 0.6 is 39.0 Å². The van der Waals surface area contributed by atoms with Gasteiger partial charge in [-0.25, -0.2) is 4.90 Å². The molecule has 3 amide bonds. The summed E-state index contributed by atoms with van der Waals surface area (Å²) < 4.78 is 6.71. The monoisotopic (exact) mass is 716 g/mol. The first-order chi connectivity index (χ1) is 22.2. The van der Waals surface area contributed by atoms with Gasteiger partial charge < -0.3 is 15.0 Å². The summed E-state index contributed by atoms with van der Waals surface area (Å²) in [5.74, 6) is -2.77. The number of nitro benzene ring substituents is 1. The molecule has 230 valence electrons. The number of benzene rings is 4. The lowest BCUT2D eigenvalue weighted by Crippen LogP contribution is -2.32. The number of aromatic nitrogens is 1. The molecule has 1 saturated heterocycles. The van der Waals surface area contributed by atoms with Crippen molar-refractivity contribution >= 4 is 84.6 Å². The maximum atomic E-state index is 14.1. The number of nitrogens with one attached hydrogen (secondary N) is 2. The molecule has 3 atom stereocenters. The lowest BCUT2D eigenvalue weighted by atomic mass is 9.82. The van der Waals surface area contributed by atoms with E-state index in [4.69, 9.17) is 4.74 Å². The van der Waals surface area contributed by atoms with Gasteiger partial charge in [-0.15, -0.1) is 0 Å². The minimum atomic E-state index is -0.922. The summed E-state index contributed by atoms with van der Waals surface area (Å²) in [5, 5.41) is 15.6. The zero-order valence-corrected chi connectivity index (χ0v) is 26.7. The number of aromatic amines is 1. The van der Waals surface area contributed by atoms with Crippen LogP contribution in [0, 0.1) is 16.0 Å². The van der Waals surface area contributed by atoms with Gasteiger partial charge in [0.1, 0.15) is 11.0 Å². The van der Waals surface area contributed by atoms with Crippen molar-refractivity contribution in [2.75, 3.05) is 16.8 Å². The van der Waals surface area contributed by atoms with Gasteiger partial charge in [0, 0.05) is 38.7 Å². The van der Waals surface area contributed by atoms with Gasteiger partial charge in [-0.1, -0.05) is 69.4 Å². The average molecular weight is 718 g/mol. The van der Waals surface area contributed by atoms with E-state index in [0.29, 0.717) is 31.4 Å². The first kappa shape index (κ1) is 29.9. The van der Waals surface area contributed by atoms with Gasteiger partial charge in [-0.05, 0) is 53.2 Å². The summed E-state index contributed by atoms with van der Waals surface area (Å²) >= 11 is 5.56. The topological polar surface area (TPSA) is 152 Å². The molecule has 1 aromatic heterocycles. The van der Waals surface area contributed by atoms with Crippen LogP contribution in [0.15, 0.2) is 99.2 Å². The van der Waals surface area contributed by atoms with Gasteiger partial charge in [0.25, 0.3) is 11.6 Å². The standard InChI is InChI=1S/C32H21BrN4O7S2/c33-18-6-12-23(44-15-24(38)34-19-7-5-16-3-1-2-4-17(16)13-19)22(14-18)25-26-28(45-29-27(25)46-32(41)35-29)31(40)36(30(26)39)20-8-10-21(11-9-20)37(42)43/h1-14,25-26,28H,15H2,(H,34,38)(H,35,41). The van der Waals surface area contributed by atoms with Crippen molar-refractivity contribution in [1.29, 1.82) is 0 Å². The Hall–Kier alpha value is -4.79. The molecule has 3 unspecified atom stereocenters. The number of non-ortho nitro benzene ring substituents is 1. The maximum absolute atomic E-state index is 14.1. The van der Waals surface area contributed by atoms with E-state index in [1.165, 1.54) is 24.3 Å². The molecule has 14 heteroatoms. The smallest absolute Gasteiger partial charge is 0.305 e. The number of nitrogens with zero attached hydrogens (tertiary/aromatic N) is 2. The molecule has 0 saturated carbocycles. The molecule has 0 radical (unpaired) electrons. The number of halogens is 1. The third-order valence-corrected chi connectivity index (χ3v) is 10.7. The number of ether oxygens (including phenoxy) is 1. The number of carbonyl (C=O) groups excluding carboxylic acids is 3. The molecule has 1 fully saturated rings. The van der Waals surface area contributed by atoms with Crippen molar-refractivity contribution in [2.45, 2.75) is 16.2 Å². The Labute approximate surface area is 276 Å². The van der Waals surface area contributed by atoms with Crippen LogP contribution in [0.5, 0.6) is 5.75 Å². The lowest BCUT2D eigenvalue weighted by molar-refractivity contribution is -0.384. The van der Waals surface area contributed by atoms with Gasteiger partial charge in [0.2, 0.25) is 11.8 Å². The molecule has 3 heterocycles. The summed E-state index contributed by atoms with van der Waals surface area (Å²) in [7, 11) is 0. The molecular weight excluding hydrogens is 696 g/mol. The molecular formula is C32H21BrN4O7S2. The molecule has 0 spiro atoms. The second kappa shape index (κ2) is 11.9. The molecule has 46 heavy (non-hydrogen) atoms. The third kappa shape index (κ3) is 5.37. The predicted octanol–water partition coefficient (Wildman–Crippen LogP) is 6.07. The van der Waals surface area contributed by atoms with Crippen molar-refractivity contribution < 1.29 is 24.0 Å². The number of anilines is 2. The number of H-pyrrole nitrogens is 1. The van der Waals surface area contributed by atoms with E-state index in [9.17, 15) is 29.3 Å². The van der Waals surface area contributed by atoms with E-state index in [-0.39, 0.29) is 22.9 Å². The van der Waals surface area contributed by atoms with Gasteiger partial charge in [-0.2, -0.15) is 0 Å². The van der Waals surface area contributed by atoms with Crippen LogP contribution in [0.2, 0.25) is 0 Å². The van der Waals surface area contributed by atoms with E-state index in [0.717, 1.165) is 38.8 Å². The summed E-state index contributed by atoms with van der Waals surface area (Å²) in [6.07, 6.45) is 0. The number of thiazole rings is 1. The minimum Gasteiger partial charge on any atom is -0.483 e. The Balaban J connectivity index is 1.21. The molecule has 2 N–H and O–H groups in total. The largest absolute Gasteiger partial charge is 0.483 e. The van der Waals surface area contributed by atoms with E-state index in [1.54, 1.807) is 24.3 Å². The minimum absolute atomic E-state index is 0.173. The molecule has 2 aliphatic heterocycles. The fourth-order valence-corrected chi connectivity index (χ4v) is 8.72. The highest BCUT2D eigenvalue weighted by atomic mass is 79.9. The van der Waals surface area contributed by atoms with Crippen molar-refractivity contribution in [3.8, 4) is 5.75 Å². The van der Waals surface area contributed by atoms with E-state index in [2.05, 4.69) is 26.2 Å². The molecule has 4 aromatic carbocycles. The number of hydrogen-bond donors (Lipinski definition) is 2. The van der Waals surface area contributed by atoms with Crippen LogP contribution in [-0.4, -0.2) is 39.5 Å². The van der Waals surface area contributed by atoms with Crippen LogP contribution in [0.25, 0.3) is 10.8 Å². The number of rotatable bonds is 7. The Kier molecular flexibility index (Phi) is 7.71. The molecule has 2 aliphatic rings. The highest BCUT2D eigenvalue weighted by Gasteiger charge is 2.57. The number of fused-ring (bicyclic) bond motifs is 3. The van der Waals surface area contributed by atoms with E-state index < -0.39 is 39.7 Å². The summed E-state index contributed by atoms with van der Waals surface area (Å²) in [4.78, 5) is 68.0. The summed E-state index contributed by atoms with van der Waals surface area (Å²) in [5.41, 5.74) is 1.17. The molecule has 0 bridgehead atoms. The van der Waals surface area contributed by atoms with Crippen LogP contribution in [0.4, 0.5) is 17.1 Å². The Morgan fingerprint density at radius 2 is 1.74 bits per heavy atom. The quantitative estimate of drug-likeness (QED) is 0.117. The first-order valence-electron chi connectivity index (χ1n) is 13.9. The van der Waals surface area contributed by atoms with E-state index >= 15 is 0 Å². The Morgan fingerprint density at radius 3 is 2.50 bits per heavy atom. The number of carbonyl (C=O) groups is 3. The second-order valence-electron chi connectivity index (χ2n) is 10.6. The Morgan fingerprint density at radius 1 is 0.978 bits per heavy atom. The van der Waals surface area contributed by atoms with Crippen LogP contribution in [0.3, 0.4) is 0 Å². The van der Waals surface area contributed by atoms with Crippen LogP contribution in [-0.2, 0) is 14.4 Å². The number of nitro groups is 1. The van der Waals surface area contributed by atoms with Gasteiger partial charge in [0.05, 0.1) is 21.6 Å². The third-order valence-electron chi connectivity index (χ3n) is 7.84. The van der Waals surface area contributed by atoms with Crippen molar-refractivity contribution in [3.05, 3.63) is 120 Å². The molecule has 7 rings (SSSR count). The first-order valence-corrected chi connectivity index (χ1v) is 16.4. The molecule has 11 nitrogen and oxygen atoms in total. The van der Waals surface area contributed by atoms with Crippen molar-refractivity contribution in [1.82, 2.24) is 4.98 Å². The molecule has 5 aromatic rings. The molecule has 0 aliphatic carbocycles. The van der Waals surface area contributed by atoms with Gasteiger partial charge in [0.15, 0.2) is 6.61 Å². The van der Waals surface area contributed by atoms with Crippen LogP contribution in [0.1, 0.15) is 16.4 Å². The summed E-state index contributed by atoms with van der Waals surface area (Å²) in [6, 6.07) is 23.7. The number of thioether (sulfide) groups is 1. The van der Waals surface area contributed by atoms with E-state index in [1.807, 2.05) is 36.4 Å². The van der Waals surface area contributed by atoms with Gasteiger partial charge in [-0.3, -0.25) is 29.3 Å². The Bertz CT molecular complexity index is 2130. The van der Waals surface area contributed by atoms with Gasteiger partial charge >= 0.3 is 4.87 Å². The fraction of sp³-hybridized carbons (Fsp3) is 0.125.